The summed E-state index contributed by atoms with van der Waals surface area (Å²) >= 11 is 2.53. The summed E-state index contributed by atoms with van der Waals surface area (Å²) in [5.41, 5.74) is 6.03. The lowest BCUT2D eigenvalue weighted by molar-refractivity contribution is -0.113. The third kappa shape index (κ3) is 3.91. The van der Waals surface area contributed by atoms with Gasteiger partial charge in [0, 0.05) is 12.1 Å². The van der Waals surface area contributed by atoms with E-state index in [9.17, 15) is 9.18 Å². The first-order valence-electron chi connectivity index (χ1n) is 5.88. The quantitative estimate of drug-likeness (QED) is 0.655. The number of benzene rings is 1. The highest BCUT2D eigenvalue weighted by Crippen LogP contribution is 2.22. The standard InChI is InChI=1S/C12H13FN4OS2/c1-2-10-16-12(20-17-10)19-6-11(18)15-9-5-7(14)3-4-8(9)13/h3-5H,2,6,14H2,1H3,(H,15,18). The summed E-state index contributed by atoms with van der Waals surface area (Å²) in [5, 5.41) is 2.48. The fourth-order valence-corrected chi connectivity index (χ4v) is 2.89. The minimum atomic E-state index is -0.512. The van der Waals surface area contributed by atoms with Crippen LogP contribution in [-0.4, -0.2) is 21.0 Å². The molecule has 0 fully saturated rings. The van der Waals surface area contributed by atoms with Crippen molar-refractivity contribution < 1.29 is 9.18 Å². The van der Waals surface area contributed by atoms with E-state index in [0.717, 1.165) is 16.6 Å². The molecule has 2 rings (SSSR count). The van der Waals surface area contributed by atoms with Crippen molar-refractivity contribution in [3.63, 3.8) is 0 Å². The Labute approximate surface area is 124 Å². The number of nitrogens with two attached hydrogens (primary N) is 1. The molecule has 3 N–H and O–H groups in total. The van der Waals surface area contributed by atoms with Gasteiger partial charge in [0.25, 0.3) is 0 Å². The second-order valence-electron chi connectivity index (χ2n) is 3.91. The van der Waals surface area contributed by atoms with Crippen molar-refractivity contribution in [2.24, 2.45) is 0 Å². The molecule has 0 bridgehead atoms. The van der Waals surface area contributed by atoms with Crippen LogP contribution in [0.25, 0.3) is 0 Å². The molecule has 0 unspecified atom stereocenters. The highest BCUT2D eigenvalue weighted by Gasteiger charge is 2.10. The zero-order chi connectivity index (χ0) is 14.5. The third-order valence-corrected chi connectivity index (χ3v) is 4.23. The summed E-state index contributed by atoms with van der Waals surface area (Å²) in [6.45, 7) is 1.96. The van der Waals surface area contributed by atoms with Crippen molar-refractivity contribution in [1.82, 2.24) is 9.36 Å². The molecule has 2 aromatic rings. The lowest BCUT2D eigenvalue weighted by Gasteiger charge is -2.06. The van der Waals surface area contributed by atoms with Gasteiger partial charge in [0.2, 0.25) is 5.91 Å². The van der Waals surface area contributed by atoms with Crippen LogP contribution in [0.15, 0.2) is 22.5 Å². The summed E-state index contributed by atoms with van der Waals surface area (Å²) in [4.78, 5) is 16.0. The van der Waals surface area contributed by atoms with Crippen LogP contribution in [0.5, 0.6) is 0 Å². The van der Waals surface area contributed by atoms with Crippen LogP contribution in [0.3, 0.4) is 0 Å². The number of aryl methyl sites for hydroxylation is 1. The van der Waals surface area contributed by atoms with Crippen LogP contribution in [0.1, 0.15) is 12.7 Å². The van der Waals surface area contributed by atoms with Crippen molar-refractivity contribution in [1.29, 1.82) is 0 Å². The average molecular weight is 312 g/mol. The molecule has 0 saturated carbocycles. The van der Waals surface area contributed by atoms with Gasteiger partial charge in [-0.3, -0.25) is 4.79 Å². The molecule has 8 heteroatoms. The lowest BCUT2D eigenvalue weighted by Crippen LogP contribution is -2.15. The minimum absolute atomic E-state index is 0.0853. The van der Waals surface area contributed by atoms with Gasteiger partial charge < -0.3 is 11.1 Å². The molecular weight excluding hydrogens is 299 g/mol. The molecule has 1 amide bonds. The molecule has 0 spiro atoms. The van der Waals surface area contributed by atoms with E-state index in [1.54, 1.807) is 0 Å². The Hall–Kier alpha value is -1.67. The summed E-state index contributed by atoms with van der Waals surface area (Å²) < 4.78 is 18.3. The van der Waals surface area contributed by atoms with Crippen LogP contribution < -0.4 is 11.1 Å². The summed E-state index contributed by atoms with van der Waals surface area (Å²) in [6, 6.07) is 4.04. The maximum Gasteiger partial charge on any atom is 0.234 e. The van der Waals surface area contributed by atoms with Crippen molar-refractivity contribution in [3.8, 4) is 0 Å². The molecule has 0 atom stereocenters. The number of thioether (sulfide) groups is 1. The summed E-state index contributed by atoms with van der Waals surface area (Å²) in [5.74, 6) is 0.0846. The Morgan fingerprint density at radius 2 is 2.35 bits per heavy atom. The molecule has 0 aliphatic heterocycles. The van der Waals surface area contributed by atoms with Gasteiger partial charge >= 0.3 is 0 Å². The van der Waals surface area contributed by atoms with E-state index in [0.29, 0.717) is 5.69 Å². The van der Waals surface area contributed by atoms with E-state index in [1.807, 2.05) is 6.92 Å². The summed E-state index contributed by atoms with van der Waals surface area (Å²) in [7, 11) is 0. The Balaban J connectivity index is 1.90. The lowest BCUT2D eigenvalue weighted by atomic mass is 10.2. The zero-order valence-corrected chi connectivity index (χ0v) is 12.4. The number of hydrogen-bond donors (Lipinski definition) is 2. The van der Waals surface area contributed by atoms with Gasteiger partial charge in [-0.25, -0.2) is 9.37 Å². The first-order chi connectivity index (χ1) is 9.58. The Kier molecular flexibility index (Phi) is 4.91. The van der Waals surface area contributed by atoms with Crippen LogP contribution >= 0.6 is 23.3 Å². The van der Waals surface area contributed by atoms with Crippen molar-refractivity contribution >= 4 is 40.6 Å². The predicted octanol–water partition coefficient (Wildman–Crippen LogP) is 2.55. The largest absolute Gasteiger partial charge is 0.399 e. The number of nitrogens with one attached hydrogen (secondary N) is 1. The average Bonchev–Trinajstić information content (AvgIpc) is 2.89. The number of amides is 1. The molecular formula is C12H13FN4OS2. The van der Waals surface area contributed by atoms with E-state index < -0.39 is 5.82 Å². The van der Waals surface area contributed by atoms with Crippen LogP contribution in [-0.2, 0) is 11.2 Å². The van der Waals surface area contributed by atoms with Gasteiger partial charge in [0.1, 0.15) is 11.6 Å². The van der Waals surface area contributed by atoms with Crippen LogP contribution in [0.4, 0.5) is 15.8 Å². The molecule has 1 aromatic carbocycles. The minimum Gasteiger partial charge on any atom is -0.399 e. The molecule has 0 saturated heterocycles. The molecule has 106 valence electrons. The fraction of sp³-hybridized carbons (Fsp3) is 0.250. The highest BCUT2D eigenvalue weighted by molar-refractivity contribution is 8.01. The first kappa shape index (κ1) is 14.7. The Morgan fingerprint density at radius 3 is 3.05 bits per heavy atom. The second kappa shape index (κ2) is 6.67. The normalized spacial score (nSPS) is 10.5. The maximum atomic E-state index is 13.4. The molecule has 0 radical (unpaired) electrons. The number of halogens is 1. The number of nitrogen functional groups attached to an aromatic ring is 1. The van der Waals surface area contributed by atoms with Gasteiger partial charge in [-0.1, -0.05) is 18.7 Å². The third-order valence-electron chi connectivity index (χ3n) is 2.36. The van der Waals surface area contributed by atoms with E-state index in [-0.39, 0.29) is 17.3 Å². The molecule has 0 aliphatic carbocycles. The van der Waals surface area contributed by atoms with E-state index in [2.05, 4.69) is 14.7 Å². The fourth-order valence-electron chi connectivity index (χ4n) is 1.39. The molecule has 20 heavy (non-hydrogen) atoms. The number of anilines is 2. The van der Waals surface area contributed by atoms with E-state index in [1.165, 1.54) is 41.5 Å². The number of rotatable bonds is 5. The Bertz CT molecular complexity index is 617. The van der Waals surface area contributed by atoms with E-state index >= 15 is 0 Å². The Morgan fingerprint density at radius 1 is 1.55 bits per heavy atom. The number of hydrogen-bond acceptors (Lipinski definition) is 6. The van der Waals surface area contributed by atoms with Gasteiger partial charge in [0.15, 0.2) is 4.34 Å². The molecule has 5 nitrogen and oxygen atoms in total. The first-order valence-corrected chi connectivity index (χ1v) is 7.64. The summed E-state index contributed by atoms with van der Waals surface area (Å²) in [6.07, 6.45) is 0.762. The van der Waals surface area contributed by atoms with E-state index in [4.69, 9.17) is 5.73 Å². The number of carbonyl (C=O) groups is 1. The molecule has 1 aromatic heterocycles. The second-order valence-corrected chi connectivity index (χ2v) is 5.88. The predicted molar refractivity (Wildman–Crippen MR) is 79.5 cm³/mol. The zero-order valence-electron chi connectivity index (χ0n) is 10.7. The highest BCUT2D eigenvalue weighted by atomic mass is 32.2. The number of nitrogens with zero attached hydrogens (tertiary/aromatic N) is 2. The van der Waals surface area contributed by atoms with Crippen molar-refractivity contribution in [2.75, 3.05) is 16.8 Å². The van der Waals surface area contributed by atoms with Crippen LogP contribution in [0.2, 0.25) is 0 Å². The molecule has 0 aliphatic rings. The van der Waals surface area contributed by atoms with Gasteiger partial charge in [-0.2, -0.15) is 4.37 Å². The molecule has 1 heterocycles. The van der Waals surface area contributed by atoms with Crippen molar-refractivity contribution in [3.05, 3.63) is 29.8 Å². The smallest absolute Gasteiger partial charge is 0.234 e. The maximum absolute atomic E-state index is 13.4. The topological polar surface area (TPSA) is 80.9 Å². The van der Waals surface area contributed by atoms with Gasteiger partial charge in [-0.05, 0) is 29.7 Å². The monoisotopic (exact) mass is 312 g/mol. The SMILES string of the molecule is CCc1nsc(SCC(=O)Nc2cc(N)ccc2F)n1. The van der Waals surface area contributed by atoms with Crippen molar-refractivity contribution in [2.45, 2.75) is 17.7 Å². The van der Waals surface area contributed by atoms with Gasteiger partial charge in [0.05, 0.1) is 11.4 Å². The van der Waals surface area contributed by atoms with Gasteiger partial charge in [-0.15, -0.1) is 0 Å². The number of carbonyl (C=O) groups excluding carboxylic acids is 1. The van der Waals surface area contributed by atoms with Crippen LogP contribution in [0, 0.1) is 5.82 Å². The number of aromatic nitrogens is 2.